The lowest BCUT2D eigenvalue weighted by Crippen LogP contribution is -2.37. The summed E-state index contributed by atoms with van der Waals surface area (Å²) in [5.41, 5.74) is 1.05. The highest BCUT2D eigenvalue weighted by Gasteiger charge is 2.09. The molecule has 3 heteroatoms. The normalized spacial score (nSPS) is 16.6. The van der Waals surface area contributed by atoms with Gasteiger partial charge in [0.25, 0.3) is 0 Å². The maximum absolute atomic E-state index is 11.6. The number of hydrogen-bond donors (Lipinski definition) is 1. The number of nitrogens with zero attached hydrogens (tertiary/aromatic N) is 1. The maximum Gasteiger partial charge on any atom is 0.244 e. The van der Waals surface area contributed by atoms with Gasteiger partial charge in [0.15, 0.2) is 0 Å². The highest BCUT2D eigenvalue weighted by atomic mass is 16.1. The van der Waals surface area contributed by atoms with Crippen molar-refractivity contribution in [3.05, 3.63) is 42.0 Å². The number of likely N-dealkylation sites (tertiary alicyclic amines) is 1. The molecule has 2 rings (SSSR count). The Balaban J connectivity index is 1.65. The number of benzene rings is 1. The fourth-order valence-corrected chi connectivity index (χ4v) is 2.32. The summed E-state index contributed by atoms with van der Waals surface area (Å²) in [5.74, 6) is -0.0131. The Morgan fingerprint density at radius 2 is 1.89 bits per heavy atom. The van der Waals surface area contributed by atoms with Crippen LogP contribution in [0.5, 0.6) is 0 Å². The molecule has 1 aliphatic rings. The van der Waals surface area contributed by atoms with E-state index in [0.717, 1.165) is 18.7 Å². The summed E-state index contributed by atoms with van der Waals surface area (Å²) in [4.78, 5) is 14.1. The quantitative estimate of drug-likeness (QED) is 0.822. The van der Waals surface area contributed by atoms with Crippen molar-refractivity contribution in [2.24, 2.45) is 0 Å². The standard InChI is InChI=1S/C16H22N2O/c19-16(10-9-15-7-3-1-4-8-15)17-11-14-18-12-5-2-6-13-18/h1,3-4,7-10H,2,5-6,11-14H2,(H,17,19). The first-order valence-electron chi connectivity index (χ1n) is 7.08. The maximum atomic E-state index is 11.6. The summed E-state index contributed by atoms with van der Waals surface area (Å²) in [7, 11) is 0. The third-order valence-corrected chi connectivity index (χ3v) is 3.40. The number of hydrogen-bond acceptors (Lipinski definition) is 2. The van der Waals surface area contributed by atoms with Gasteiger partial charge in [-0.05, 0) is 37.6 Å². The largest absolute Gasteiger partial charge is 0.351 e. The van der Waals surface area contributed by atoms with E-state index in [2.05, 4.69) is 10.2 Å². The molecule has 0 atom stereocenters. The summed E-state index contributed by atoms with van der Waals surface area (Å²) < 4.78 is 0. The molecule has 0 unspecified atom stereocenters. The third kappa shape index (κ3) is 5.26. The van der Waals surface area contributed by atoms with Crippen LogP contribution in [0.1, 0.15) is 24.8 Å². The van der Waals surface area contributed by atoms with Crippen LogP contribution in [0.2, 0.25) is 0 Å². The Hall–Kier alpha value is -1.61. The van der Waals surface area contributed by atoms with E-state index in [0.29, 0.717) is 0 Å². The molecule has 1 aromatic rings. The number of nitrogens with one attached hydrogen (secondary N) is 1. The molecule has 0 aliphatic carbocycles. The number of rotatable bonds is 5. The van der Waals surface area contributed by atoms with E-state index in [-0.39, 0.29) is 5.91 Å². The van der Waals surface area contributed by atoms with E-state index in [1.54, 1.807) is 6.08 Å². The lowest BCUT2D eigenvalue weighted by Gasteiger charge is -2.26. The molecule has 0 aromatic heterocycles. The highest BCUT2D eigenvalue weighted by Crippen LogP contribution is 2.07. The first-order valence-corrected chi connectivity index (χ1v) is 7.08. The van der Waals surface area contributed by atoms with Gasteiger partial charge < -0.3 is 10.2 Å². The van der Waals surface area contributed by atoms with Crippen molar-refractivity contribution >= 4 is 12.0 Å². The Morgan fingerprint density at radius 1 is 1.16 bits per heavy atom. The van der Waals surface area contributed by atoms with Crippen LogP contribution in [0.3, 0.4) is 0 Å². The van der Waals surface area contributed by atoms with Crippen LogP contribution in [0.25, 0.3) is 6.08 Å². The van der Waals surface area contributed by atoms with Crippen LogP contribution in [0, 0.1) is 0 Å². The second-order valence-corrected chi connectivity index (χ2v) is 4.94. The average Bonchev–Trinajstić information content (AvgIpc) is 2.47. The van der Waals surface area contributed by atoms with Crippen molar-refractivity contribution in [3.8, 4) is 0 Å². The van der Waals surface area contributed by atoms with Gasteiger partial charge in [-0.2, -0.15) is 0 Å². The van der Waals surface area contributed by atoms with E-state index in [9.17, 15) is 4.79 Å². The van der Waals surface area contributed by atoms with Crippen molar-refractivity contribution in [1.29, 1.82) is 0 Å². The van der Waals surface area contributed by atoms with Gasteiger partial charge in [-0.15, -0.1) is 0 Å². The van der Waals surface area contributed by atoms with Gasteiger partial charge in [-0.25, -0.2) is 0 Å². The SMILES string of the molecule is O=C(C=Cc1ccccc1)NCCN1CCCCC1. The van der Waals surface area contributed by atoms with Crippen LogP contribution in [-0.2, 0) is 4.79 Å². The van der Waals surface area contributed by atoms with E-state index in [1.165, 1.54) is 32.4 Å². The molecule has 0 saturated carbocycles. The van der Waals surface area contributed by atoms with Crippen LogP contribution in [0.15, 0.2) is 36.4 Å². The number of amides is 1. The number of piperidine rings is 1. The minimum atomic E-state index is -0.0131. The fourth-order valence-electron chi connectivity index (χ4n) is 2.32. The molecular weight excluding hydrogens is 236 g/mol. The minimum Gasteiger partial charge on any atom is -0.351 e. The van der Waals surface area contributed by atoms with Crippen LogP contribution < -0.4 is 5.32 Å². The summed E-state index contributed by atoms with van der Waals surface area (Å²) in [6.07, 6.45) is 7.38. The van der Waals surface area contributed by atoms with Gasteiger partial charge in [-0.3, -0.25) is 4.79 Å². The monoisotopic (exact) mass is 258 g/mol. The molecule has 0 radical (unpaired) electrons. The number of carbonyl (C=O) groups is 1. The highest BCUT2D eigenvalue weighted by molar-refractivity contribution is 5.91. The molecule has 102 valence electrons. The van der Waals surface area contributed by atoms with Crippen molar-refractivity contribution in [3.63, 3.8) is 0 Å². The lowest BCUT2D eigenvalue weighted by molar-refractivity contribution is -0.116. The minimum absolute atomic E-state index is 0.0131. The summed E-state index contributed by atoms with van der Waals surface area (Å²) in [5, 5.41) is 2.93. The predicted molar refractivity (Wildman–Crippen MR) is 78.8 cm³/mol. The Bertz CT molecular complexity index is 408. The van der Waals surface area contributed by atoms with Crippen molar-refractivity contribution in [2.75, 3.05) is 26.2 Å². The van der Waals surface area contributed by atoms with Crippen LogP contribution in [-0.4, -0.2) is 37.0 Å². The van der Waals surface area contributed by atoms with Crippen molar-refractivity contribution in [1.82, 2.24) is 10.2 Å². The lowest BCUT2D eigenvalue weighted by atomic mass is 10.1. The molecule has 1 N–H and O–H groups in total. The third-order valence-electron chi connectivity index (χ3n) is 3.40. The fraction of sp³-hybridized carbons (Fsp3) is 0.438. The molecule has 1 heterocycles. The zero-order chi connectivity index (χ0) is 13.3. The van der Waals surface area contributed by atoms with E-state index in [4.69, 9.17) is 0 Å². The molecule has 19 heavy (non-hydrogen) atoms. The van der Waals surface area contributed by atoms with Gasteiger partial charge in [0.1, 0.15) is 0 Å². The Kier molecular flexibility index (Phi) is 5.63. The van der Waals surface area contributed by atoms with Gasteiger partial charge in [0, 0.05) is 19.2 Å². The second-order valence-electron chi connectivity index (χ2n) is 4.94. The molecule has 1 fully saturated rings. The van der Waals surface area contributed by atoms with Gasteiger partial charge >= 0.3 is 0 Å². The Labute approximate surface area is 115 Å². The zero-order valence-corrected chi connectivity index (χ0v) is 11.3. The van der Waals surface area contributed by atoms with Gasteiger partial charge in [0.05, 0.1) is 0 Å². The molecule has 0 spiro atoms. The van der Waals surface area contributed by atoms with Gasteiger partial charge in [0.2, 0.25) is 5.91 Å². The molecule has 3 nitrogen and oxygen atoms in total. The first kappa shape index (κ1) is 13.8. The first-order chi connectivity index (χ1) is 9.34. The molecule has 1 aromatic carbocycles. The van der Waals surface area contributed by atoms with E-state index >= 15 is 0 Å². The van der Waals surface area contributed by atoms with E-state index < -0.39 is 0 Å². The Morgan fingerprint density at radius 3 is 2.63 bits per heavy atom. The summed E-state index contributed by atoms with van der Waals surface area (Å²) >= 11 is 0. The molecule has 1 aliphatic heterocycles. The molecular formula is C16H22N2O. The van der Waals surface area contributed by atoms with Gasteiger partial charge in [-0.1, -0.05) is 36.8 Å². The molecule has 1 amide bonds. The molecule has 1 saturated heterocycles. The number of carbonyl (C=O) groups excluding carboxylic acids is 1. The topological polar surface area (TPSA) is 32.3 Å². The summed E-state index contributed by atoms with van der Waals surface area (Å²) in [6.45, 7) is 4.05. The summed E-state index contributed by atoms with van der Waals surface area (Å²) in [6, 6.07) is 9.87. The average molecular weight is 258 g/mol. The van der Waals surface area contributed by atoms with Crippen LogP contribution >= 0.6 is 0 Å². The zero-order valence-electron chi connectivity index (χ0n) is 11.3. The van der Waals surface area contributed by atoms with Crippen molar-refractivity contribution < 1.29 is 4.79 Å². The predicted octanol–water partition coefficient (Wildman–Crippen LogP) is 2.30. The molecule has 0 bridgehead atoms. The second kappa shape index (κ2) is 7.74. The smallest absolute Gasteiger partial charge is 0.244 e. The van der Waals surface area contributed by atoms with E-state index in [1.807, 2.05) is 36.4 Å². The van der Waals surface area contributed by atoms with Crippen molar-refractivity contribution in [2.45, 2.75) is 19.3 Å². The van der Waals surface area contributed by atoms with Crippen LogP contribution in [0.4, 0.5) is 0 Å².